The third-order valence-corrected chi connectivity index (χ3v) is 4.18. The zero-order valence-electron chi connectivity index (χ0n) is 12.6. The summed E-state index contributed by atoms with van der Waals surface area (Å²) in [6.45, 7) is 2.49. The summed E-state index contributed by atoms with van der Waals surface area (Å²) in [5.74, 6) is -0.366. The van der Waals surface area contributed by atoms with Gasteiger partial charge in [-0.3, -0.25) is 9.59 Å². The van der Waals surface area contributed by atoms with E-state index in [2.05, 4.69) is 10.6 Å². The van der Waals surface area contributed by atoms with Crippen molar-refractivity contribution in [2.75, 3.05) is 6.54 Å². The van der Waals surface area contributed by atoms with Crippen molar-refractivity contribution in [2.24, 2.45) is 0 Å². The minimum absolute atomic E-state index is 0.0490. The van der Waals surface area contributed by atoms with Crippen LogP contribution in [0.4, 0.5) is 0 Å². The molecule has 2 aliphatic rings. The maximum atomic E-state index is 12.0. The van der Waals surface area contributed by atoms with Crippen LogP contribution < -0.4 is 10.6 Å². The number of carbonyl (C=O) groups excluding carboxylic acids is 2. The van der Waals surface area contributed by atoms with Crippen LogP contribution >= 0.6 is 0 Å². The molecule has 0 unspecified atom stereocenters. The van der Waals surface area contributed by atoms with E-state index >= 15 is 0 Å². The van der Waals surface area contributed by atoms with Crippen LogP contribution in [0.3, 0.4) is 0 Å². The fourth-order valence-electron chi connectivity index (χ4n) is 3.07. The monoisotopic (exact) mass is 296 g/mol. The highest BCUT2D eigenvalue weighted by atomic mass is 16.5. The van der Waals surface area contributed by atoms with Gasteiger partial charge in [0, 0.05) is 25.0 Å². The lowest BCUT2D eigenvalue weighted by Gasteiger charge is -2.31. The van der Waals surface area contributed by atoms with E-state index in [0.717, 1.165) is 19.4 Å². The number of rotatable bonds is 5. The molecular formula is C14H25BN2O4. The van der Waals surface area contributed by atoms with E-state index in [1.807, 2.05) is 0 Å². The van der Waals surface area contributed by atoms with Gasteiger partial charge >= 0.3 is 7.12 Å². The number of nitrogens with one attached hydrogen (secondary N) is 2. The third-order valence-electron chi connectivity index (χ3n) is 4.18. The molecule has 2 heterocycles. The Morgan fingerprint density at radius 2 is 2.10 bits per heavy atom. The van der Waals surface area contributed by atoms with Crippen LogP contribution in [0.25, 0.3) is 0 Å². The highest BCUT2D eigenvalue weighted by Crippen LogP contribution is 2.19. The number of hydrogen-bond acceptors (Lipinski definition) is 5. The highest BCUT2D eigenvalue weighted by molar-refractivity contribution is 6.45. The van der Waals surface area contributed by atoms with Gasteiger partial charge in [0.25, 0.3) is 0 Å². The van der Waals surface area contributed by atoms with Gasteiger partial charge < -0.3 is 20.3 Å². The van der Waals surface area contributed by atoms with Crippen molar-refractivity contribution in [3.63, 3.8) is 0 Å². The van der Waals surface area contributed by atoms with Crippen molar-refractivity contribution in [1.29, 1.82) is 0 Å². The van der Waals surface area contributed by atoms with Crippen molar-refractivity contribution in [2.45, 2.75) is 70.0 Å². The second-order valence-corrected chi connectivity index (χ2v) is 6.16. The summed E-state index contributed by atoms with van der Waals surface area (Å²) in [6, 6.07) is 0.242. The van der Waals surface area contributed by atoms with E-state index in [0.29, 0.717) is 25.7 Å². The molecule has 0 aromatic carbocycles. The van der Waals surface area contributed by atoms with Gasteiger partial charge in [0.05, 0.1) is 5.94 Å². The zero-order chi connectivity index (χ0) is 15.2. The number of piperidine rings is 1. The standard InChI is InChI=1S/C14H25BN2O4/c1-10(18)8-12-5-6-13(15(20)21-12)17-14(19)9-11-4-2-3-7-16-11/h11-13,16,20H,2-9H2,1H3,(H,17,19)/t11-,12-,13-/m0/s1. The molecule has 2 fully saturated rings. The summed E-state index contributed by atoms with van der Waals surface area (Å²) in [7, 11) is -1.02. The molecule has 0 spiro atoms. The smallest absolute Gasteiger partial charge is 0.426 e. The fourth-order valence-corrected chi connectivity index (χ4v) is 3.07. The maximum absolute atomic E-state index is 12.0. The van der Waals surface area contributed by atoms with E-state index in [4.69, 9.17) is 4.65 Å². The lowest BCUT2D eigenvalue weighted by Crippen LogP contribution is -2.53. The molecule has 21 heavy (non-hydrogen) atoms. The van der Waals surface area contributed by atoms with E-state index in [1.54, 1.807) is 0 Å². The van der Waals surface area contributed by atoms with Crippen molar-refractivity contribution in [3.05, 3.63) is 0 Å². The summed E-state index contributed by atoms with van der Waals surface area (Å²) in [6.07, 6.45) is 5.22. The van der Waals surface area contributed by atoms with E-state index in [-0.39, 0.29) is 29.8 Å². The van der Waals surface area contributed by atoms with Crippen molar-refractivity contribution in [3.8, 4) is 0 Å². The summed E-state index contributed by atoms with van der Waals surface area (Å²) >= 11 is 0. The highest BCUT2D eigenvalue weighted by Gasteiger charge is 2.36. The Bertz CT molecular complexity index is 374. The summed E-state index contributed by atoms with van der Waals surface area (Å²) in [4.78, 5) is 23.1. The second-order valence-electron chi connectivity index (χ2n) is 6.16. The van der Waals surface area contributed by atoms with Gasteiger partial charge in [0.15, 0.2) is 0 Å². The summed E-state index contributed by atoms with van der Waals surface area (Å²) in [5, 5.41) is 16.1. The summed E-state index contributed by atoms with van der Waals surface area (Å²) in [5.41, 5.74) is 0. The molecule has 3 atom stereocenters. The Balaban J connectivity index is 1.72. The molecule has 6 nitrogen and oxygen atoms in total. The molecule has 7 heteroatoms. The average molecular weight is 296 g/mol. The molecule has 0 aliphatic carbocycles. The van der Waals surface area contributed by atoms with Crippen LogP contribution in [0.5, 0.6) is 0 Å². The zero-order valence-corrected chi connectivity index (χ0v) is 12.6. The first-order chi connectivity index (χ1) is 10.0. The molecule has 2 aliphatic heterocycles. The molecule has 0 aromatic rings. The molecule has 0 saturated carbocycles. The van der Waals surface area contributed by atoms with Crippen LogP contribution in [0.2, 0.25) is 0 Å². The average Bonchev–Trinajstić information content (AvgIpc) is 2.42. The number of carbonyl (C=O) groups is 2. The quantitative estimate of drug-likeness (QED) is 0.630. The molecule has 0 aromatic heterocycles. The Kier molecular flexibility index (Phi) is 6.20. The molecule has 3 N–H and O–H groups in total. The number of amides is 1. The van der Waals surface area contributed by atoms with E-state index < -0.39 is 7.12 Å². The largest absolute Gasteiger partial charge is 0.478 e. The lowest BCUT2D eigenvalue weighted by atomic mass is 9.72. The van der Waals surface area contributed by atoms with E-state index in [1.165, 1.54) is 13.3 Å². The van der Waals surface area contributed by atoms with Crippen molar-refractivity contribution < 1.29 is 19.3 Å². The topological polar surface area (TPSA) is 87.7 Å². The normalized spacial score (nSPS) is 30.0. The summed E-state index contributed by atoms with van der Waals surface area (Å²) < 4.78 is 5.40. The first-order valence-corrected chi connectivity index (χ1v) is 7.90. The molecule has 1 amide bonds. The van der Waals surface area contributed by atoms with Gasteiger partial charge in [-0.2, -0.15) is 0 Å². The van der Waals surface area contributed by atoms with Gasteiger partial charge in [-0.1, -0.05) is 6.42 Å². The second kappa shape index (κ2) is 7.91. The lowest BCUT2D eigenvalue weighted by molar-refractivity contribution is -0.123. The van der Waals surface area contributed by atoms with Crippen LogP contribution in [-0.2, 0) is 14.2 Å². The third kappa shape index (κ3) is 5.41. The predicted octanol–water partition coefficient (Wildman–Crippen LogP) is 0.181. The SMILES string of the molecule is CC(=O)C[C@@H]1CC[C@H](NC(=O)C[C@@H]2CCCCN2)B(O)O1. The molecule has 0 bridgehead atoms. The van der Waals surface area contributed by atoms with Gasteiger partial charge in [-0.05, 0) is 39.2 Å². The van der Waals surface area contributed by atoms with Gasteiger partial charge in [-0.15, -0.1) is 0 Å². The number of hydrogen-bond donors (Lipinski definition) is 3. The first-order valence-electron chi connectivity index (χ1n) is 7.90. The predicted molar refractivity (Wildman–Crippen MR) is 79.6 cm³/mol. The Labute approximate surface area is 126 Å². The van der Waals surface area contributed by atoms with E-state index in [9.17, 15) is 14.6 Å². The Morgan fingerprint density at radius 3 is 2.71 bits per heavy atom. The van der Waals surface area contributed by atoms with Gasteiger partial charge in [0.1, 0.15) is 5.78 Å². The van der Waals surface area contributed by atoms with Gasteiger partial charge in [0.2, 0.25) is 5.91 Å². The number of ketones is 1. The van der Waals surface area contributed by atoms with Crippen molar-refractivity contribution in [1.82, 2.24) is 10.6 Å². The molecule has 2 saturated heterocycles. The van der Waals surface area contributed by atoms with Gasteiger partial charge in [-0.25, -0.2) is 0 Å². The Hall–Kier alpha value is -0.915. The first kappa shape index (κ1) is 16.5. The molecular weight excluding hydrogens is 271 g/mol. The van der Waals surface area contributed by atoms with Crippen molar-refractivity contribution >= 4 is 18.8 Å². The van der Waals surface area contributed by atoms with Crippen LogP contribution in [-0.4, -0.2) is 48.5 Å². The molecule has 118 valence electrons. The Morgan fingerprint density at radius 1 is 1.29 bits per heavy atom. The van der Waals surface area contributed by atoms with Crippen LogP contribution in [0.1, 0.15) is 51.9 Å². The maximum Gasteiger partial charge on any atom is 0.478 e. The van der Waals surface area contributed by atoms with Crippen LogP contribution in [0, 0.1) is 0 Å². The molecule has 0 radical (unpaired) electrons. The van der Waals surface area contributed by atoms with Crippen LogP contribution in [0.15, 0.2) is 0 Å². The molecule has 2 rings (SSSR count). The fraction of sp³-hybridized carbons (Fsp3) is 0.857. The number of Topliss-reactive ketones (excluding diaryl/α,β-unsaturated/α-hetero) is 1. The minimum Gasteiger partial charge on any atom is -0.426 e. The minimum atomic E-state index is -1.02.